The number of fused-ring (bicyclic) bond motifs is 16. The van der Waals surface area contributed by atoms with E-state index in [1.165, 1.54) is 0 Å². The van der Waals surface area contributed by atoms with Gasteiger partial charge in [-0.2, -0.15) is 11.8 Å². The van der Waals surface area contributed by atoms with Gasteiger partial charge in [0, 0.05) is 18.2 Å². The second-order valence-electron chi connectivity index (χ2n) is 9.88. The van der Waals surface area contributed by atoms with E-state index in [9.17, 15) is 14.4 Å². The molecule has 38 heavy (non-hydrogen) atoms. The molecule has 3 N–H and O–H groups in total. The standard InChI is InChI=1S/C29H39N3O5S/c1-20(2)26-28(34)30-21(3)19-38-16-8-7-15-36-24-13-11-22(12-14-24)17-25(27(33)32-26)31-29(35)37-18-23-9-5-4-6-10-23/h4-6,9-14,20-21,25-26H,7-8,15-19H2,1-3H3,(H,30,34)(H,31,35)(H,32,33)/t21-,25+,26+/m1/s1. The highest BCUT2D eigenvalue weighted by molar-refractivity contribution is 7.99. The zero-order valence-corrected chi connectivity index (χ0v) is 23.2. The second-order valence-corrected chi connectivity index (χ2v) is 11.0. The summed E-state index contributed by atoms with van der Waals surface area (Å²) >= 11 is 1.79. The van der Waals surface area contributed by atoms with Crippen LogP contribution in [0.15, 0.2) is 54.6 Å². The van der Waals surface area contributed by atoms with E-state index >= 15 is 0 Å². The summed E-state index contributed by atoms with van der Waals surface area (Å²) in [7, 11) is 0. The lowest BCUT2D eigenvalue weighted by atomic mass is 10.0. The molecule has 0 saturated carbocycles. The van der Waals surface area contributed by atoms with E-state index in [-0.39, 0.29) is 30.9 Å². The Hall–Kier alpha value is -3.20. The van der Waals surface area contributed by atoms with Crippen LogP contribution in [0.1, 0.15) is 44.7 Å². The quantitative estimate of drug-likeness (QED) is 0.539. The van der Waals surface area contributed by atoms with Gasteiger partial charge in [-0.3, -0.25) is 9.59 Å². The first kappa shape index (κ1) is 29.4. The summed E-state index contributed by atoms with van der Waals surface area (Å²) < 4.78 is 11.2. The molecule has 3 amide bonds. The fraction of sp³-hybridized carbons (Fsp3) is 0.483. The Morgan fingerprint density at radius 3 is 2.50 bits per heavy atom. The number of rotatable bonds is 4. The van der Waals surface area contributed by atoms with Gasteiger partial charge in [0.25, 0.3) is 0 Å². The predicted molar refractivity (Wildman–Crippen MR) is 150 cm³/mol. The Balaban J connectivity index is 1.76. The Morgan fingerprint density at radius 1 is 1.05 bits per heavy atom. The molecule has 0 spiro atoms. The van der Waals surface area contributed by atoms with Gasteiger partial charge >= 0.3 is 6.09 Å². The molecule has 0 saturated heterocycles. The molecule has 0 aliphatic carbocycles. The van der Waals surface area contributed by atoms with Crippen LogP contribution in [0.2, 0.25) is 0 Å². The van der Waals surface area contributed by atoms with Crippen LogP contribution in [-0.4, -0.2) is 54.1 Å². The number of alkyl carbamates (subject to hydrolysis) is 1. The normalized spacial score (nSPS) is 21.7. The minimum absolute atomic E-state index is 0.0405. The fourth-order valence-electron chi connectivity index (χ4n) is 3.99. The molecule has 9 heteroatoms. The average molecular weight is 542 g/mol. The molecule has 8 nitrogen and oxygen atoms in total. The van der Waals surface area contributed by atoms with Gasteiger partial charge in [0.2, 0.25) is 11.8 Å². The molecule has 3 atom stereocenters. The van der Waals surface area contributed by atoms with E-state index in [0.717, 1.165) is 41.2 Å². The van der Waals surface area contributed by atoms with E-state index < -0.39 is 24.1 Å². The largest absolute Gasteiger partial charge is 0.494 e. The summed E-state index contributed by atoms with van der Waals surface area (Å²) in [5, 5.41) is 8.59. The first-order valence-corrected chi connectivity index (χ1v) is 14.3. The topological polar surface area (TPSA) is 106 Å². The van der Waals surface area contributed by atoms with Crippen molar-refractivity contribution in [2.24, 2.45) is 5.92 Å². The zero-order valence-electron chi connectivity index (χ0n) is 22.4. The van der Waals surface area contributed by atoms with Crippen LogP contribution >= 0.6 is 11.8 Å². The number of hydrogen-bond donors (Lipinski definition) is 3. The van der Waals surface area contributed by atoms with Crippen molar-refractivity contribution >= 4 is 29.7 Å². The zero-order chi connectivity index (χ0) is 27.3. The predicted octanol–water partition coefficient (Wildman–Crippen LogP) is 4.08. The van der Waals surface area contributed by atoms with E-state index in [4.69, 9.17) is 9.47 Å². The van der Waals surface area contributed by atoms with Gasteiger partial charge in [0.15, 0.2) is 0 Å². The lowest BCUT2D eigenvalue weighted by Gasteiger charge is -2.26. The summed E-state index contributed by atoms with van der Waals surface area (Å²) in [6.45, 7) is 6.44. The Bertz CT molecular complexity index is 1030. The number of benzene rings is 2. The van der Waals surface area contributed by atoms with E-state index in [2.05, 4.69) is 16.0 Å². The van der Waals surface area contributed by atoms with Gasteiger partial charge in [-0.15, -0.1) is 0 Å². The number of amides is 3. The lowest BCUT2D eigenvalue weighted by molar-refractivity contribution is -0.131. The monoisotopic (exact) mass is 541 g/mol. The molecular weight excluding hydrogens is 502 g/mol. The minimum Gasteiger partial charge on any atom is -0.494 e. The third kappa shape index (κ3) is 9.93. The molecule has 2 heterocycles. The molecule has 2 aromatic rings. The molecule has 2 aliphatic rings. The van der Waals surface area contributed by atoms with Crippen molar-refractivity contribution in [1.29, 1.82) is 0 Å². The van der Waals surface area contributed by atoms with Crippen molar-refractivity contribution in [1.82, 2.24) is 16.0 Å². The van der Waals surface area contributed by atoms with Gasteiger partial charge in [-0.1, -0.05) is 56.3 Å². The second kappa shape index (κ2) is 15.3. The Kier molecular flexibility index (Phi) is 11.8. The molecular formula is C29H39N3O5S. The summed E-state index contributed by atoms with van der Waals surface area (Å²) in [4.78, 5) is 39.1. The van der Waals surface area contributed by atoms with Crippen molar-refractivity contribution in [2.45, 2.75) is 64.8 Å². The summed E-state index contributed by atoms with van der Waals surface area (Å²) in [6, 6.07) is 15.1. The van der Waals surface area contributed by atoms with Crippen LogP contribution in [0, 0.1) is 5.92 Å². The minimum atomic E-state index is -0.936. The van der Waals surface area contributed by atoms with Gasteiger partial charge in [0.1, 0.15) is 24.4 Å². The van der Waals surface area contributed by atoms with Crippen molar-refractivity contribution in [2.75, 3.05) is 18.1 Å². The molecule has 2 bridgehead atoms. The highest BCUT2D eigenvalue weighted by Crippen LogP contribution is 2.16. The van der Waals surface area contributed by atoms with Crippen LogP contribution in [0.25, 0.3) is 0 Å². The van der Waals surface area contributed by atoms with Crippen molar-refractivity contribution in [3.63, 3.8) is 0 Å². The number of ether oxygens (including phenoxy) is 2. The van der Waals surface area contributed by atoms with Crippen LogP contribution < -0.4 is 20.7 Å². The molecule has 2 aliphatic heterocycles. The van der Waals surface area contributed by atoms with Crippen molar-refractivity contribution < 1.29 is 23.9 Å². The number of nitrogens with one attached hydrogen (secondary N) is 3. The molecule has 2 aromatic carbocycles. The van der Waals surface area contributed by atoms with E-state index in [0.29, 0.717) is 6.61 Å². The number of thioether (sulfide) groups is 1. The number of carbonyl (C=O) groups excluding carboxylic acids is 3. The SMILES string of the molecule is CC(C)[C@@H]1NC(=O)[C@@H](NC(=O)OCc2ccccc2)Cc2ccc(cc2)OCCCCSC[C@@H](C)NC1=O. The first-order chi connectivity index (χ1) is 18.3. The third-order valence-electron chi connectivity index (χ3n) is 6.14. The molecule has 0 fully saturated rings. The van der Waals surface area contributed by atoms with Gasteiger partial charge in [0.05, 0.1) is 6.61 Å². The lowest BCUT2D eigenvalue weighted by Crippen LogP contribution is -2.57. The molecule has 0 aromatic heterocycles. The molecule has 0 radical (unpaired) electrons. The molecule has 4 rings (SSSR count). The maximum atomic E-state index is 13.4. The highest BCUT2D eigenvalue weighted by Gasteiger charge is 2.30. The van der Waals surface area contributed by atoms with E-state index in [1.807, 2.05) is 75.4 Å². The molecule has 0 unspecified atom stereocenters. The van der Waals surface area contributed by atoms with Gasteiger partial charge in [-0.05, 0) is 54.7 Å². The summed E-state index contributed by atoms with van der Waals surface area (Å²) in [5.41, 5.74) is 1.68. The van der Waals surface area contributed by atoms with Crippen LogP contribution in [0.4, 0.5) is 4.79 Å². The summed E-state index contributed by atoms with van der Waals surface area (Å²) in [6.07, 6.45) is 1.50. The number of hydrogen-bond acceptors (Lipinski definition) is 6. The fourth-order valence-corrected chi connectivity index (χ4v) is 5.01. The third-order valence-corrected chi connectivity index (χ3v) is 7.45. The molecule has 206 valence electrons. The van der Waals surface area contributed by atoms with Crippen molar-refractivity contribution in [3.8, 4) is 5.75 Å². The van der Waals surface area contributed by atoms with Crippen LogP contribution in [-0.2, 0) is 27.4 Å². The first-order valence-electron chi connectivity index (χ1n) is 13.2. The maximum Gasteiger partial charge on any atom is 0.408 e. The average Bonchev–Trinajstić information content (AvgIpc) is 2.90. The Labute approximate surface area is 229 Å². The van der Waals surface area contributed by atoms with Gasteiger partial charge < -0.3 is 25.4 Å². The van der Waals surface area contributed by atoms with E-state index in [1.54, 1.807) is 11.8 Å². The highest BCUT2D eigenvalue weighted by atomic mass is 32.2. The van der Waals surface area contributed by atoms with Gasteiger partial charge in [-0.25, -0.2) is 4.79 Å². The van der Waals surface area contributed by atoms with Crippen molar-refractivity contribution in [3.05, 3.63) is 65.7 Å². The summed E-state index contributed by atoms with van der Waals surface area (Å²) in [5.74, 6) is 1.71. The van der Waals surface area contributed by atoms with Crippen LogP contribution in [0.3, 0.4) is 0 Å². The van der Waals surface area contributed by atoms with Crippen LogP contribution in [0.5, 0.6) is 5.75 Å². The smallest absolute Gasteiger partial charge is 0.408 e. The Morgan fingerprint density at radius 2 is 1.79 bits per heavy atom. The number of carbonyl (C=O) groups is 3. The maximum absolute atomic E-state index is 13.4.